The number of amides is 2. The lowest BCUT2D eigenvalue weighted by Crippen LogP contribution is -2.49. The van der Waals surface area contributed by atoms with Gasteiger partial charge in [0.25, 0.3) is 5.91 Å². The van der Waals surface area contributed by atoms with Gasteiger partial charge >= 0.3 is 0 Å². The lowest BCUT2D eigenvalue weighted by Gasteiger charge is -2.35. The lowest BCUT2D eigenvalue weighted by atomic mass is 10.1. The van der Waals surface area contributed by atoms with E-state index >= 15 is 0 Å². The number of hydrogen-bond donors (Lipinski definition) is 1. The summed E-state index contributed by atoms with van der Waals surface area (Å²) in [7, 11) is 0. The number of nitrogens with zero attached hydrogens (tertiary/aromatic N) is 3. The summed E-state index contributed by atoms with van der Waals surface area (Å²) in [5.41, 5.74) is 1.79. The van der Waals surface area contributed by atoms with Gasteiger partial charge in [-0.15, -0.1) is 0 Å². The third kappa shape index (κ3) is 4.86. The molecule has 0 spiro atoms. The normalized spacial score (nSPS) is 13.9. The van der Waals surface area contributed by atoms with Gasteiger partial charge in [-0.2, -0.15) is 0 Å². The lowest BCUT2D eigenvalue weighted by molar-refractivity contribution is -0.131. The fourth-order valence-corrected chi connectivity index (χ4v) is 3.49. The second-order valence-electron chi connectivity index (χ2n) is 7.19. The van der Waals surface area contributed by atoms with Gasteiger partial charge in [0.05, 0.1) is 18.1 Å². The molecule has 1 fully saturated rings. The van der Waals surface area contributed by atoms with E-state index in [1.807, 2.05) is 35.2 Å². The first-order valence-corrected chi connectivity index (χ1v) is 10.1. The Morgan fingerprint density at radius 2 is 1.77 bits per heavy atom. The molecular weight excluding hydrogens is 380 g/mol. The highest BCUT2D eigenvalue weighted by Crippen LogP contribution is 2.17. The van der Waals surface area contributed by atoms with E-state index in [1.165, 1.54) is 11.8 Å². The number of anilines is 2. The minimum absolute atomic E-state index is 0.197. The number of hydrogen-bond acceptors (Lipinski definition) is 5. The predicted octanol–water partition coefficient (Wildman–Crippen LogP) is 3.21. The molecule has 4 rings (SSSR count). The number of piperazine rings is 1. The molecule has 0 unspecified atom stereocenters. The van der Waals surface area contributed by atoms with Crippen LogP contribution in [0.1, 0.15) is 22.5 Å². The molecule has 2 amide bonds. The smallest absolute Gasteiger partial charge is 0.291 e. The average Bonchev–Trinajstić information content (AvgIpc) is 3.34. The number of benzene rings is 1. The number of carbonyl (C=O) groups excluding carboxylic acids is 2. The van der Waals surface area contributed by atoms with Crippen molar-refractivity contribution in [3.8, 4) is 0 Å². The monoisotopic (exact) mass is 404 g/mol. The van der Waals surface area contributed by atoms with Gasteiger partial charge in [0.1, 0.15) is 5.82 Å². The summed E-state index contributed by atoms with van der Waals surface area (Å²) in [6.07, 6.45) is 4.40. The second-order valence-corrected chi connectivity index (χ2v) is 7.19. The third-order valence-corrected chi connectivity index (χ3v) is 5.18. The van der Waals surface area contributed by atoms with Crippen LogP contribution >= 0.6 is 0 Å². The third-order valence-electron chi connectivity index (χ3n) is 5.18. The first kappa shape index (κ1) is 19.7. The minimum atomic E-state index is -0.308. The number of rotatable bonds is 6. The van der Waals surface area contributed by atoms with Crippen molar-refractivity contribution < 1.29 is 14.0 Å². The van der Waals surface area contributed by atoms with Gasteiger partial charge in [-0.1, -0.05) is 30.3 Å². The molecular formula is C23H24N4O3. The van der Waals surface area contributed by atoms with Crippen LogP contribution in [0.5, 0.6) is 0 Å². The zero-order valence-electron chi connectivity index (χ0n) is 16.7. The average molecular weight is 404 g/mol. The highest BCUT2D eigenvalue weighted by atomic mass is 16.3. The molecule has 2 aromatic heterocycles. The maximum Gasteiger partial charge on any atom is 0.291 e. The number of furan rings is 1. The predicted molar refractivity (Wildman–Crippen MR) is 114 cm³/mol. The van der Waals surface area contributed by atoms with Crippen molar-refractivity contribution in [2.45, 2.75) is 12.8 Å². The SMILES string of the molecule is O=C(Nc1ccc(N2CCN(C(=O)CCc3ccccc3)CC2)nc1)c1ccco1. The first-order valence-electron chi connectivity index (χ1n) is 10.1. The molecule has 1 aliphatic rings. The summed E-state index contributed by atoms with van der Waals surface area (Å²) in [5.74, 6) is 0.981. The van der Waals surface area contributed by atoms with Crippen molar-refractivity contribution >= 4 is 23.3 Å². The topological polar surface area (TPSA) is 78.7 Å². The van der Waals surface area contributed by atoms with E-state index in [0.29, 0.717) is 25.2 Å². The molecule has 1 aromatic carbocycles. The van der Waals surface area contributed by atoms with Gasteiger partial charge < -0.3 is 19.5 Å². The summed E-state index contributed by atoms with van der Waals surface area (Å²) in [5, 5.41) is 2.76. The zero-order valence-corrected chi connectivity index (χ0v) is 16.7. The van der Waals surface area contributed by atoms with Gasteiger partial charge in [-0.05, 0) is 36.2 Å². The summed E-state index contributed by atoms with van der Waals surface area (Å²) >= 11 is 0. The summed E-state index contributed by atoms with van der Waals surface area (Å²) < 4.78 is 5.09. The van der Waals surface area contributed by atoms with Crippen LogP contribution in [0.4, 0.5) is 11.5 Å². The van der Waals surface area contributed by atoms with E-state index in [1.54, 1.807) is 18.3 Å². The van der Waals surface area contributed by atoms with Crippen LogP contribution in [0.3, 0.4) is 0 Å². The fraction of sp³-hybridized carbons (Fsp3) is 0.261. The highest BCUT2D eigenvalue weighted by Gasteiger charge is 2.21. The Hall–Kier alpha value is -3.61. The largest absolute Gasteiger partial charge is 0.459 e. The van der Waals surface area contributed by atoms with Crippen molar-refractivity contribution in [3.63, 3.8) is 0 Å². The van der Waals surface area contributed by atoms with Crippen LogP contribution in [-0.4, -0.2) is 47.9 Å². The van der Waals surface area contributed by atoms with Gasteiger partial charge in [-0.3, -0.25) is 9.59 Å². The van der Waals surface area contributed by atoms with Gasteiger partial charge in [0.2, 0.25) is 5.91 Å². The van der Waals surface area contributed by atoms with E-state index in [9.17, 15) is 9.59 Å². The quantitative estimate of drug-likeness (QED) is 0.683. The summed E-state index contributed by atoms with van der Waals surface area (Å²) in [6, 6.07) is 17.1. The number of aryl methyl sites for hydroxylation is 1. The van der Waals surface area contributed by atoms with Crippen molar-refractivity contribution in [1.82, 2.24) is 9.88 Å². The Bertz CT molecular complexity index is 963. The number of nitrogens with one attached hydrogen (secondary N) is 1. The molecule has 0 saturated carbocycles. The maximum atomic E-state index is 12.5. The Kier molecular flexibility index (Phi) is 6.08. The molecule has 0 aliphatic carbocycles. The number of aromatic nitrogens is 1. The van der Waals surface area contributed by atoms with E-state index in [-0.39, 0.29) is 17.6 Å². The van der Waals surface area contributed by atoms with Crippen LogP contribution < -0.4 is 10.2 Å². The van der Waals surface area contributed by atoms with E-state index in [0.717, 1.165) is 25.3 Å². The summed E-state index contributed by atoms with van der Waals surface area (Å²) in [4.78, 5) is 33.1. The van der Waals surface area contributed by atoms with E-state index < -0.39 is 0 Å². The van der Waals surface area contributed by atoms with Gasteiger partial charge in [0.15, 0.2) is 5.76 Å². The molecule has 30 heavy (non-hydrogen) atoms. The number of carbonyl (C=O) groups is 2. The number of pyridine rings is 1. The van der Waals surface area contributed by atoms with Gasteiger partial charge in [0, 0.05) is 32.6 Å². The molecule has 1 saturated heterocycles. The van der Waals surface area contributed by atoms with Crippen molar-refractivity contribution in [3.05, 3.63) is 78.4 Å². The second kappa shape index (κ2) is 9.26. The van der Waals surface area contributed by atoms with Crippen molar-refractivity contribution in [2.75, 3.05) is 36.4 Å². The molecule has 0 atom stereocenters. The molecule has 7 heteroatoms. The van der Waals surface area contributed by atoms with Crippen LogP contribution in [0, 0.1) is 0 Å². The molecule has 7 nitrogen and oxygen atoms in total. The van der Waals surface area contributed by atoms with Gasteiger partial charge in [-0.25, -0.2) is 4.98 Å². The van der Waals surface area contributed by atoms with Crippen LogP contribution in [0.25, 0.3) is 0 Å². The summed E-state index contributed by atoms with van der Waals surface area (Å²) in [6.45, 7) is 2.85. The van der Waals surface area contributed by atoms with Crippen molar-refractivity contribution in [1.29, 1.82) is 0 Å². The Balaban J connectivity index is 1.25. The highest BCUT2D eigenvalue weighted by molar-refractivity contribution is 6.02. The van der Waals surface area contributed by atoms with Crippen LogP contribution in [0.15, 0.2) is 71.5 Å². The maximum absolute atomic E-state index is 12.5. The van der Waals surface area contributed by atoms with Crippen LogP contribution in [-0.2, 0) is 11.2 Å². The Morgan fingerprint density at radius 1 is 0.967 bits per heavy atom. The molecule has 3 heterocycles. The fourth-order valence-electron chi connectivity index (χ4n) is 3.49. The van der Waals surface area contributed by atoms with E-state index in [2.05, 4.69) is 27.3 Å². The standard InChI is InChI=1S/C23H24N4O3/c28-22(11-8-18-5-2-1-3-6-18)27-14-12-26(13-15-27)21-10-9-19(17-24-21)25-23(29)20-7-4-16-30-20/h1-7,9-10,16-17H,8,11-15H2,(H,25,29). The first-order chi connectivity index (χ1) is 14.7. The molecule has 0 bridgehead atoms. The molecule has 1 aliphatic heterocycles. The molecule has 1 N–H and O–H groups in total. The zero-order chi connectivity index (χ0) is 20.8. The van der Waals surface area contributed by atoms with E-state index in [4.69, 9.17) is 4.42 Å². The molecule has 154 valence electrons. The molecule has 0 radical (unpaired) electrons. The van der Waals surface area contributed by atoms with Crippen LogP contribution in [0.2, 0.25) is 0 Å². The Labute approximate surface area is 175 Å². The Morgan fingerprint density at radius 3 is 2.43 bits per heavy atom. The minimum Gasteiger partial charge on any atom is -0.459 e. The van der Waals surface area contributed by atoms with Crippen molar-refractivity contribution in [2.24, 2.45) is 0 Å². The molecule has 3 aromatic rings.